The first-order chi connectivity index (χ1) is 12.7. The molecule has 0 spiro atoms. The first-order valence-electron chi connectivity index (χ1n) is 10.6. The molecular weight excluding hydrogens is 323 g/mol. The van der Waals surface area contributed by atoms with E-state index in [2.05, 4.69) is 18.7 Å². The van der Waals surface area contributed by atoms with E-state index in [9.17, 15) is 4.39 Å². The lowest BCUT2D eigenvalue weighted by molar-refractivity contribution is 0.153. The number of hydrogen-bond donors (Lipinski definition) is 0. The highest BCUT2D eigenvalue weighted by atomic mass is 19.1. The van der Waals surface area contributed by atoms with Gasteiger partial charge in [0.05, 0.1) is 6.61 Å². The molecule has 3 rings (SSSR count). The fourth-order valence-corrected chi connectivity index (χ4v) is 5.19. The van der Waals surface area contributed by atoms with Crippen molar-refractivity contribution in [3.05, 3.63) is 47.8 Å². The fraction of sp³-hybridized carbons (Fsp3) is 0.667. The maximum atomic E-state index is 14.0. The summed E-state index contributed by atoms with van der Waals surface area (Å²) in [5.74, 6) is 3.41. The van der Waals surface area contributed by atoms with Crippen molar-refractivity contribution in [2.75, 3.05) is 7.11 Å². The molecule has 26 heavy (non-hydrogen) atoms. The monoisotopic (exact) mass is 358 g/mol. The third kappa shape index (κ3) is 5.19. The summed E-state index contributed by atoms with van der Waals surface area (Å²) >= 11 is 0. The van der Waals surface area contributed by atoms with Crippen LogP contribution in [0.25, 0.3) is 0 Å². The van der Waals surface area contributed by atoms with Crippen LogP contribution in [0.15, 0.2) is 30.9 Å². The molecule has 0 atom stereocenters. The summed E-state index contributed by atoms with van der Waals surface area (Å²) in [5, 5.41) is 0. The highest BCUT2D eigenvalue weighted by molar-refractivity contribution is 5.24. The second kappa shape index (κ2) is 9.69. The van der Waals surface area contributed by atoms with Crippen molar-refractivity contribution in [1.29, 1.82) is 0 Å². The maximum Gasteiger partial charge on any atom is 0.128 e. The number of halogens is 1. The van der Waals surface area contributed by atoms with E-state index in [0.29, 0.717) is 12.2 Å². The van der Waals surface area contributed by atoms with Crippen LogP contribution in [0.5, 0.6) is 0 Å². The minimum atomic E-state index is -0.122. The Bertz CT molecular complexity index is 566. The zero-order valence-electron chi connectivity index (χ0n) is 16.4. The molecule has 2 fully saturated rings. The summed E-state index contributed by atoms with van der Waals surface area (Å²) in [5.41, 5.74) is 1.79. The number of aryl methyl sites for hydroxylation is 1. The number of rotatable bonds is 7. The van der Waals surface area contributed by atoms with E-state index in [0.717, 1.165) is 35.7 Å². The molecule has 0 radical (unpaired) electrons. The van der Waals surface area contributed by atoms with Crippen molar-refractivity contribution >= 4 is 0 Å². The van der Waals surface area contributed by atoms with Crippen LogP contribution < -0.4 is 0 Å². The van der Waals surface area contributed by atoms with E-state index in [1.54, 1.807) is 13.2 Å². The molecule has 0 aromatic heterocycles. The Kier molecular flexibility index (Phi) is 7.31. The average Bonchev–Trinajstić information content (AvgIpc) is 2.69. The largest absolute Gasteiger partial charge is 0.380 e. The Morgan fingerprint density at radius 3 is 2.27 bits per heavy atom. The summed E-state index contributed by atoms with van der Waals surface area (Å²) in [7, 11) is 1.61. The molecule has 1 aromatic rings. The fourth-order valence-electron chi connectivity index (χ4n) is 5.19. The highest BCUT2D eigenvalue weighted by Crippen LogP contribution is 2.42. The van der Waals surface area contributed by atoms with Gasteiger partial charge in [-0.15, -0.1) is 6.58 Å². The molecule has 2 saturated carbocycles. The Hall–Kier alpha value is -1.15. The SMILES string of the molecule is C=C[C@H]1CC[C@H](C2CCC(CCc3ccc(COC)c(F)c3)CC2)CC1. The van der Waals surface area contributed by atoms with Crippen LogP contribution in [0.3, 0.4) is 0 Å². The van der Waals surface area contributed by atoms with E-state index >= 15 is 0 Å². The third-order valence-corrected chi connectivity index (χ3v) is 6.97. The van der Waals surface area contributed by atoms with Crippen LogP contribution >= 0.6 is 0 Å². The van der Waals surface area contributed by atoms with Crippen molar-refractivity contribution in [2.45, 2.75) is 70.8 Å². The van der Waals surface area contributed by atoms with E-state index in [4.69, 9.17) is 4.74 Å². The smallest absolute Gasteiger partial charge is 0.128 e. The molecule has 0 unspecified atom stereocenters. The summed E-state index contributed by atoms with van der Waals surface area (Å²) in [6.45, 7) is 4.32. The summed E-state index contributed by atoms with van der Waals surface area (Å²) in [4.78, 5) is 0. The first-order valence-corrected chi connectivity index (χ1v) is 10.6. The Morgan fingerprint density at radius 2 is 1.69 bits per heavy atom. The van der Waals surface area contributed by atoms with Gasteiger partial charge in [-0.1, -0.05) is 31.1 Å². The molecule has 1 nitrogen and oxygen atoms in total. The lowest BCUT2D eigenvalue weighted by Gasteiger charge is -2.37. The van der Waals surface area contributed by atoms with E-state index in [1.807, 2.05) is 6.07 Å². The van der Waals surface area contributed by atoms with E-state index in [-0.39, 0.29) is 5.82 Å². The zero-order valence-corrected chi connectivity index (χ0v) is 16.4. The third-order valence-electron chi connectivity index (χ3n) is 6.97. The molecule has 1 aromatic carbocycles. The van der Waals surface area contributed by atoms with Crippen molar-refractivity contribution in [2.24, 2.45) is 23.7 Å². The summed E-state index contributed by atoms with van der Waals surface area (Å²) in [6.07, 6.45) is 15.5. The van der Waals surface area contributed by atoms with Crippen LogP contribution in [-0.2, 0) is 17.8 Å². The van der Waals surface area contributed by atoms with Gasteiger partial charge in [-0.05, 0) is 86.7 Å². The van der Waals surface area contributed by atoms with Gasteiger partial charge in [0.25, 0.3) is 0 Å². The van der Waals surface area contributed by atoms with Crippen LogP contribution in [0.4, 0.5) is 4.39 Å². The van der Waals surface area contributed by atoms with Gasteiger partial charge < -0.3 is 4.74 Å². The summed E-state index contributed by atoms with van der Waals surface area (Å²) in [6, 6.07) is 5.66. The van der Waals surface area contributed by atoms with Gasteiger partial charge in [-0.3, -0.25) is 0 Å². The predicted molar refractivity (Wildman–Crippen MR) is 107 cm³/mol. The second-order valence-electron chi connectivity index (χ2n) is 8.59. The Morgan fingerprint density at radius 1 is 1.04 bits per heavy atom. The molecule has 2 aliphatic rings. The molecular formula is C24H35FO. The average molecular weight is 359 g/mol. The predicted octanol–water partition coefficient (Wildman–Crippen LogP) is 6.70. The highest BCUT2D eigenvalue weighted by Gasteiger charge is 2.30. The quantitative estimate of drug-likeness (QED) is 0.493. The Labute approximate surface area is 159 Å². The minimum Gasteiger partial charge on any atom is -0.380 e. The van der Waals surface area contributed by atoms with Crippen molar-refractivity contribution in [3.8, 4) is 0 Å². The zero-order chi connectivity index (χ0) is 18.4. The van der Waals surface area contributed by atoms with Crippen LogP contribution in [0.1, 0.15) is 68.9 Å². The molecule has 0 amide bonds. The van der Waals surface area contributed by atoms with Gasteiger partial charge in [0.15, 0.2) is 0 Å². The van der Waals surface area contributed by atoms with E-state index < -0.39 is 0 Å². The lowest BCUT2D eigenvalue weighted by atomic mass is 9.68. The Balaban J connectivity index is 1.40. The van der Waals surface area contributed by atoms with Gasteiger partial charge in [0.2, 0.25) is 0 Å². The topological polar surface area (TPSA) is 9.23 Å². The number of methoxy groups -OCH3 is 1. The second-order valence-corrected chi connectivity index (χ2v) is 8.59. The lowest BCUT2D eigenvalue weighted by Crippen LogP contribution is -2.25. The molecule has 0 saturated heterocycles. The number of allylic oxidation sites excluding steroid dienone is 1. The van der Waals surface area contributed by atoms with Gasteiger partial charge in [-0.2, -0.15) is 0 Å². The molecule has 144 valence electrons. The van der Waals surface area contributed by atoms with Crippen molar-refractivity contribution < 1.29 is 9.13 Å². The maximum absolute atomic E-state index is 14.0. The standard InChI is InChI=1S/C24H35FO/c1-3-18-6-11-21(12-7-18)22-13-8-19(9-14-22)4-5-20-10-15-23(17-26-2)24(25)16-20/h3,10,15-16,18-19,21-22H,1,4-9,11-14,17H2,2H3/t18-,19?,21-,22?. The van der Waals surface area contributed by atoms with Crippen LogP contribution in [0.2, 0.25) is 0 Å². The summed E-state index contributed by atoms with van der Waals surface area (Å²) < 4.78 is 19.1. The number of benzene rings is 1. The van der Waals surface area contributed by atoms with E-state index in [1.165, 1.54) is 57.8 Å². The molecule has 0 bridgehead atoms. The molecule has 0 aliphatic heterocycles. The molecule has 0 N–H and O–H groups in total. The number of hydrogen-bond acceptors (Lipinski definition) is 1. The normalized spacial score (nSPS) is 29.5. The van der Waals surface area contributed by atoms with Gasteiger partial charge in [0.1, 0.15) is 5.82 Å². The molecule has 2 aliphatic carbocycles. The van der Waals surface area contributed by atoms with Crippen molar-refractivity contribution in [3.63, 3.8) is 0 Å². The van der Waals surface area contributed by atoms with Gasteiger partial charge >= 0.3 is 0 Å². The van der Waals surface area contributed by atoms with Crippen LogP contribution in [0, 0.1) is 29.5 Å². The first kappa shape index (κ1) is 19.6. The van der Waals surface area contributed by atoms with Gasteiger partial charge in [0, 0.05) is 12.7 Å². The molecule has 0 heterocycles. The molecule has 2 heteroatoms. The number of ether oxygens (including phenoxy) is 1. The van der Waals surface area contributed by atoms with Gasteiger partial charge in [-0.25, -0.2) is 4.39 Å². The van der Waals surface area contributed by atoms with Crippen LogP contribution in [-0.4, -0.2) is 7.11 Å². The minimum absolute atomic E-state index is 0.122. The van der Waals surface area contributed by atoms with Crippen molar-refractivity contribution in [1.82, 2.24) is 0 Å².